The summed E-state index contributed by atoms with van der Waals surface area (Å²) in [5.74, 6) is 0. The third-order valence-corrected chi connectivity index (χ3v) is 6.68. The number of hydrogen-bond donors (Lipinski definition) is 2. The molecule has 4 nitrogen and oxygen atoms in total. The molecule has 0 atom stereocenters. The highest BCUT2D eigenvalue weighted by Gasteiger charge is 2.35. The third kappa shape index (κ3) is 7.89. The van der Waals surface area contributed by atoms with Crippen LogP contribution in [0.15, 0.2) is 0 Å². The Labute approximate surface area is 107 Å². The van der Waals surface area contributed by atoms with Crippen LogP contribution in [0.1, 0.15) is 33.6 Å². The summed E-state index contributed by atoms with van der Waals surface area (Å²) in [6.45, 7) is 10.5. The van der Waals surface area contributed by atoms with Gasteiger partial charge in [-0.25, -0.2) is 0 Å². The highest BCUT2D eigenvalue weighted by molar-refractivity contribution is 6.67. The molecule has 0 aliphatic carbocycles. The van der Waals surface area contributed by atoms with Gasteiger partial charge in [0.05, 0.1) is 0 Å². The van der Waals surface area contributed by atoms with Crippen molar-refractivity contribution in [3.8, 4) is 0 Å². The van der Waals surface area contributed by atoms with Crippen LogP contribution in [0, 0.1) is 0 Å². The van der Waals surface area contributed by atoms with E-state index in [0.717, 1.165) is 51.2 Å². The molecule has 0 spiro atoms. The van der Waals surface area contributed by atoms with E-state index in [4.69, 9.17) is 14.6 Å². The molecular weight excluding hydrogens is 232 g/mol. The van der Waals surface area contributed by atoms with Crippen molar-refractivity contribution in [3.05, 3.63) is 0 Å². The average molecular weight is 262 g/mol. The molecule has 0 amide bonds. The lowest BCUT2D eigenvalue weighted by atomic mass is 10.5. The van der Waals surface area contributed by atoms with Gasteiger partial charge >= 0.3 is 8.56 Å². The molecule has 0 aromatic rings. The van der Waals surface area contributed by atoms with Gasteiger partial charge in [0.1, 0.15) is 0 Å². The summed E-state index contributed by atoms with van der Waals surface area (Å²) in [5, 5.41) is 3.32. The zero-order chi connectivity index (χ0) is 13.0. The monoisotopic (exact) mass is 262 g/mol. The lowest BCUT2D eigenvalue weighted by molar-refractivity contribution is 0.181. The van der Waals surface area contributed by atoms with Gasteiger partial charge in [-0.05, 0) is 38.9 Å². The second-order valence-corrected chi connectivity index (χ2v) is 7.57. The molecule has 0 bridgehead atoms. The van der Waals surface area contributed by atoms with Crippen LogP contribution in [-0.2, 0) is 8.85 Å². The van der Waals surface area contributed by atoms with Crippen LogP contribution in [0.25, 0.3) is 0 Å². The average Bonchev–Trinajstić information content (AvgIpc) is 2.30. The minimum atomic E-state index is -1.93. The number of nitrogens with one attached hydrogen (secondary N) is 1. The zero-order valence-electron chi connectivity index (χ0n) is 11.8. The van der Waals surface area contributed by atoms with Crippen molar-refractivity contribution in [1.82, 2.24) is 5.32 Å². The highest BCUT2D eigenvalue weighted by Crippen LogP contribution is 2.22. The summed E-state index contributed by atoms with van der Waals surface area (Å²) in [4.78, 5) is 0. The summed E-state index contributed by atoms with van der Waals surface area (Å²) in [7, 11) is -1.93. The van der Waals surface area contributed by atoms with E-state index in [9.17, 15) is 0 Å². The zero-order valence-corrected chi connectivity index (χ0v) is 12.8. The Morgan fingerprint density at radius 1 is 1.00 bits per heavy atom. The van der Waals surface area contributed by atoms with Crippen molar-refractivity contribution in [3.63, 3.8) is 0 Å². The van der Waals surface area contributed by atoms with Gasteiger partial charge in [0.15, 0.2) is 0 Å². The minimum Gasteiger partial charge on any atom is -0.394 e. The second-order valence-electron chi connectivity index (χ2n) is 4.17. The highest BCUT2D eigenvalue weighted by atomic mass is 28.4. The van der Waals surface area contributed by atoms with Crippen molar-refractivity contribution in [1.29, 1.82) is 0 Å². The van der Waals surface area contributed by atoms with Gasteiger partial charge in [-0.2, -0.15) is 0 Å². The SMILES string of the molecule is CCC[Si](CCCNCCN)(OCC)OCC. The lowest BCUT2D eigenvalue weighted by Crippen LogP contribution is -2.42. The van der Waals surface area contributed by atoms with Crippen molar-refractivity contribution < 1.29 is 8.85 Å². The maximum Gasteiger partial charge on any atom is 0.338 e. The summed E-state index contributed by atoms with van der Waals surface area (Å²) >= 11 is 0. The van der Waals surface area contributed by atoms with Crippen LogP contribution < -0.4 is 11.1 Å². The Morgan fingerprint density at radius 3 is 2.12 bits per heavy atom. The largest absolute Gasteiger partial charge is 0.394 e. The van der Waals surface area contributed by atoms with Crippen molar-refractivity contribution in [2.75, 3.05) is 32.8 Å². The molecule has 0 unspecified atom stereocenters. The molecular formula is C12H30N2O2Si. The molecule has 0 aliphatic rings. The molecule has 17 heavy (non-hydrogen) atoms. The van der Waals surface area contributed by atoms with Gasteiger partial charge in [0.25, 0.3) is 0 Å². The predicted octanol–water partition coefficient (Wildman–Crippen LogP) is 1.85. The molecule has 0 heterocycles. The fraction of sp³-hybridized carbons (Fsp3) is 1.00. The maximum atomic E-state index is 5.98. The van der Waals surface area contributed by atoms with E-state index < -0.39 is 8.56 Å². The van der Waals surface area contributed by atoms with E-state index in [0.29, 0.717) is 6.54 Å². The summed E-state index contributed by atoms with van der Waals surface area (Å²) in [5.41, 5.74) is 5.44. The van der Waals surface area contributed by atoms with Gasteiger partial charge in [-0.1, -0.05) is 13.3 Å². The van der Waals surface area contributed by atoms with Crippen molar-refractivity contribution in [2.45, 2.75) is 45.7 Å². The van der Waals surface area contributed by atoms with Gasteiger partial charge in [0.2, 0.25) is 0 Å². The van der Waals surface area contributed by atoms with Crippen LogP contribution in [0.4, 0.5) is 0 Å². The predicted molar refractivity (Wildman–Crippen MR) is 75.5 cm³/mol. The molecule has 0 fully saturated rings. The summed E-state index contributed by atoms with van der Waals surface area (Å²) in [6.07, 6.45) is 2.26. The van der Waals surface area contributed by atoms with Crippen LogP contribution >= 0.6 is 0 Å². The van der Waals surface area contributed by atoms with E-state index >= 15 is 0 Å². The first kappa shape index (κ1) is 17.1. The van der Waals surface area contributed by atoms with Gasteiger partial charge in [0, 0.05) is 26.3 Å². The molecule has 0 radical (unpaired) electrons. The normalized spacial score (nSPS) is 12.0. The summed E-state index contributed by atoms with van der Waals surface area (Å²) < 4.78 is 12.0. The fourth-order valence-electron chi connectivity index (χ4n) is 2.07. The first-order chi connectivity index (χ1) is 8.24. The topological polar surface area (TPSA) is 56.5 Å². The minimum absolute atomic E-state index is 0.703. The Bertz CT molecular complexity index is 154. The lowest BCUT2D eigenvalue weighted by Gasteiger charge is -2.29. The molecule has 104 valence electrons. The molecule has 0 aromatic carbocycles. The van der Waals surface area contributed by atoms with Crippen LogP contribution in [-0.4, -0.2) is 41.4 Å². The Balaban J connectivity index is 4.05. The molecule has 5 heteroatoms. The third-order valence-electron chi connectivity index (χ3n) is 2.68. The fourth-order valence-corrected chi connectivity index (χ4v) is 5.51. The van der Waals surface area contributed by atoms with Gasteiger partial charge < -0.3 is 19.9 Å². The maximum absolute atomic E-state index is 5.98. The van der Waals surface area contributed by atoms with Gasteiger partial charge in [-0.15, -0.1) is 0 Å². The van der Waals surface area contributed by atoms with Crippen molar-refractivity contribution >= 4 is 8.56 Å². The van der Waals surface area contributed by atoms with Gasteiger partial charge in [-0.3, -0.25) is 0 Å². The molecule has 0 saturated carbocycles. The van der Waals surface area contributed by atoms with Crippen molar-refractivity contribution in [2.24, 2.45) is 5.73 Å². The molecule has 0 aliphatic heterocycles. The van der Waals surface area contributed by atoms with Crippen LogP contribution in [0.3, 0.4) is 0 Å². The second kappa shape index (κ2) is 11.2. The standard InChI is InChI=1S/C12H30N2O2Si/c1-4-11-17(15-5-2,16-6-3)12-7-9-14-10-8-13/h14H,4-13H2,1-3H3. The smallest absolute Gasteiger partial charge is 0.338 e. The number of hydrogen-bond acceptors (Lipinski definition) is 4. The molecule has 0 saturated heterocycles. The van der Waals surface area contributed by atoms with Crippen LogP contribution in [0.2, 0.25) is 12.1 Å². The van der Waals surface area contributed by atoms with E-state index in [2.05, 4.69) is 26.1 Å². The van der Waals surface area contributed by atoms with E-state index in [-0.39, 0.29) is 0 Å². The molecule has 0 rings (SSSR count). The quantitative estimate of drug-likeness (QED) is 0.416. The Hall–Kier alpha value is 0.0569. The first-order valence-electron chi connectivity index (χ1n) is 6.93. The molecule has 3 N–H and O–H groups in total. The van der Waals surface area contributed by atoms with E-state index in [1.54, 1.807) is 0 Å². The number of nitrogens with two attached hydrogens (primary N) is 1. The van der Waals surface area contributed by atoms with E-state index in [1.165, 1.54) is 0 Å². The Morgan fingerprint density at radius 2 is 1.65 bits per heavy atom. The summed E-state index contributed by atoms with van der Waals surface area (Å²) in [6, 6.07) is 2.19. The number of rotatable bonds is 12. The molecule has 0 aromatic heterocycles. The van der Waals surface area contributed by atoms with Crippen LogP contribution in [0.5, 0.6) is 0 Å². The van der Waals surface area contributed by atoms with E-state index in [1.807, 2.05) is 0 Å². The Kier molecular flexibility index (Phi) is 11.2. The first-order valence-corrected chi connectivity index (χ1v) is 9.16.